The zero-order valence-corrected chi connectivity index (χ0v) is 22.9. The number of benzene rings is 2. The molecule has 1 heterocycles. The molecule has 1 aliphatic rings. The van der Waals surface area contributed by atoms with Crippen LogP contribution in [0.5, 0.6) is 0 Å². The highest BCUT2D eigenvalue weighted by Crippen LogP contribution is 2.34. The predicted octanol–water partition coefficient (Wildman–Crippen LogP) is 5.60. The Morgan fingerprint density at radius 2 is 1.87 bits per heavy atom. The summed E-state index contributed by atoms with van der Waals surface area (Å²) in [7, 11) is 0. The van der Waals surface area contributed by atoms with Crippen LogP contribution in [0, 0.1) is 5.82 Å². The summed E-state index contributed by atoms with van der Waals surface area (Å²) in [5.74, 6) is -0.287. The summed E-state index contributed by atoms with van der Waals surface area (Å²) in [6, 6.07) is 10.2. The SMILES string of the molecule is CC(F)c1cc(CF)cc([C@@H](C)O[C@H]2OCCN(C/C(N)=N/NC(=O)OC(C)(C)C)[C@H]2c2ccc(F)cc2)c1. The highest BCUT2D eigenvalue weighted by molar-refractivity contribution is 5.83. The van der Waals surface area contributed by atoms with Crippen molar-refractivity contribution in [1.82, 2.24) is 10.3 Å². The van der Waals surface area contributed by atoms with Gasteiger partial charge < -0.3 is 19.9 Å². The summed E-state index contributed by atoms with van der Waals surface area (Å²) in [5.41, 5.74) is 9.73. The molecule has 2 aromatic rings. The van der Waals surface area contributed by atoms with Crippen LogP contribution in [0.25, 0.3) is 0 Å². The molecule has 0 saturated carbocycles. The van der Waals surface area contributed by atoms with Gasteiger partial charge in [-0.05, 0) is 69.0 Å². The number of halogens is 3. The van der Waals surface area contributed by atoms with Crippen LogP contribution in [0.1, 0.15) is 75.2 Å². The minimum Gasteiger partial charge on any atom is -0.443 e. The molecular weight excluding hydrogens is 513 g/mol. The van der Waals surface area contributed by atoms with E-state index < -0.39 is 48.8 Å². The fourth-order valence-corrected chi connectivity index (χ4v) is 4.24. The van der Waals surface area contributed by atoms with Crippen LogP contribution in [-0.2, 0) is 20.9 Å². The summed E-state index contributed by atoms with van der Waals surface area (Å²) in [6.45, 7) is 8.49. The lowest BCUT2D eigenvalue weighted by molar-refractivity contribution is -0.227. The lowest BCUT2D eigenvalue weighted by atomic mass is 10.00. The van der Waals surface area contributed by atoms with Crippen LogP contribution in [0.4, 0.5) is 18.0 Å². The minimum absolute atomic E-state index is 0.110. The lowest BCUT2D eigenvalue weighted by Crippen LogP contribution is -2.49. The number of carbonyl (C=O) groups excluding carboxylic acids is 1. The van der Waals surface area contributed by atoms with Crippen molar-refractivity contribution >= 4 is 11.9 Å². The van der Waals surface area contributed by atoms with Crippen molar-refractivity contribution in [1.29, 1.82) is 0 Å². The highest BCUT2D eigenvalue weighted by Gasteiger charge is 2.36. The van der Waals surface area contributed by atoms with Crippen LogP contribution in [-0.4, -0.2) is 48.4 Å². The molecule has 2 aromatic carbocycles. The van der Waals surface area contributed by atoms with E-state index >= 15 is 0 Å². The van der Waals surface area contributed by atoms with Crippen molar-refractivity contribution in [2.75, 3.05) is 19.7 Å². The maximum atomic E-state index is 14.1. The van der Waals surface area contributed by atoms with E-state index in [1.54, 1.807) is 52.0 Å². The summed E-state index contributed by atoms with van der Waals surface area (Å²) in [4.78, 5) is 13.9. The molecule has 8 nitrogen and oxygen atoms in total. The quantitative estimate of drug-likeness (QED) is 0.240. The monoisotopic (exact) mass is 550 g/mol. The number of carbonyl (C=O) groups is 1. The molecule has 1 unspecified atom stereocenters. The summed E-state index contributed by atoms with van der Waals surface area (Å²) >= 11 is 0. The number of morpholine rings is 1. The van der Waals surface area contributed by atoms with Crippen molar-refractivity contribution in [3.05, 3.63) is 70.5 Å². The molecule has 0 radical (unpaired) electrons. The van der Waals surface area contributed by atoms with Gasteiger partial charge in [-0.2, -0.15) is 5.10 Å². The molecule has 1 amide bonds. The molecule has 3 N–H and O–H groups in total. The first-order valence-corrected chi connectivity index (χ1v) is 12.8. The standard InChI is InChI=1S/C28H37F3N4O4/c1-17(30)21-12-19(15-29)13-22(14-21)18(2)38-26-25(20-6-8-23(31)9-7-20)35(10-11-37-26)16-24(32)33-34-27(36)39-28(3,4)5/h6-9,12-14,17-18,25-26H,10-11,15-16H2,1-5H3,(H2,32,33)(H,34,36)/t17?,18-,25+,26-/m1/s1. The van der Waals surface area contributed by atoms with E-state index in [9.17, 15) is 18.0 Å². The largest absolute Gasteiger partial charge is 0.443 e. The van der Waals surface area contributed by atoms with Crippen LogP contribution in [0.2, 0.25) is 0 Å². The van der Waals surface area contributed by atoms with E-state index in [4.69, 9.17) is 19.9 Å². The van der Waals surface area contributed by atoms with Gasteiger partial charge >= 0.3 is 6.09 Å². The van der Waals surface area contributed by atoms with Crippen LogP contribution in [0.15, 0.2) is 47.6 Å². The summed E-state index contributed by atoms with van der Waals surface area (Å²) in [6.07, 6.45) is -3.42. The van der Waals surface area contributed by atoms with Gasteiger partial charge in [-0.15, -0.1) is 0 Å². The van der Waals surface area contributed by atoms with Crippen molar-refractivity contribution in [3.8, 4) is 0 Å². The molecule has 39 heavy (non-hydrogen) atoms. The molecule has 0 aromatic heterocycles. The molecule has 214 valence electrons. The lowest BCUT2D eigenvalue weighted by Gasteiger charge is -2.41. The zero-order chi connectivity index (χ0) is 28.7. The maximum Gasteiger partial charge on any atom is 0.428 e. The van der Waals surface area contributed by atoms with Crippen molar-refractivity contribution in [2.24, 2.45) is 10.8 Å². The minimum atomic E-state index is -1.27. The van der Waals surface area contributed by atoms with Crippen molar-refractivity contribution in [3.63, 3.8) is 0 Å². The van der Waals surface area contributed by atoms with E-state index in [1.165, 1.54) is 25.1 Å². The molecule has 4 atom stereocenters. The van der Waals surface area contributed by atoms with Crippen molar-refractivity contribution < 1.29 is 32.2 Å². The predicted molar refractivity (Wildman–Crippen MR) is 142 cm³/mol. The van der Waals surface area contributed by atoms with Crippen LogP contribution in [0.3, 0.4) is 0 Å². The average Bonchev–Trinajstić information content (AvgIpc) is 2.87. The third-order valence-electron chi connectivity index (χ3n) is 6.04. The molecule has 0 spiro atoms. The molecule has 3 rings (SSSR count). The number of nitrogens with zero attached hydrogens (tertiary/aromatic N) is 2. The molecular formula is C28H37F3N4O4. The molecule has 1 fully saturated rings. The van der Waals surface area contributed by atoms with Crippen LogP contribution >= 0.6 is 0 Å². The Labute approximate surface area is 227 Å². The Bertz CT molecular complexity index is 1140. The number of nitrogens with two attached hydrogens (primary N) is 1. The number of nitrogens with one attached hydrogen (secondary N) is 1. The van der Waals surface area contributed by atoms with Gasteiger partial charge in [-0.1, -0.05) is 30.3 Å². The number of rotatable bonds is 9. The number of hydrazone groups is 1. The first-order chi connectivity index (χ1) is 18.4. The van der Waals surface area contributed by atoms with Gasteiger partial charge in [0.25, 0.3) is 0 Å². The van der Waals surface area contributed by atoms with Gasteiger partial charge in [0.1, 0.15) is 30.1 Å². The van der Waals surface area contributed by atoms with E-state index in [-0.39, 0.29) is 12.4 Å². The number of ether oxygens (including phenoxy) is 3. The number of amides is 1. The average molecular weight is 551 g/mol. The van der Waals surface area contributed by atoms with Gasteiger partial charge in [0.05, 0.1) is 25.3 Å². The summed E-state index contributed by atoms with van der Waals surface area (Å²) < 4.78 is 58.7. The number of alkyl halides is 2. The fourth-order valence-electron chi connectivity index (χ4n) is 4.24. The Kier molecular flexibility index (Phi) is 10.3. The molecule has 11 heteroatoms. The Hall–Kier alpha value is -3.15. The molecule has 1 saturated heterocycles. The molecule has 0 aliphatic carbocycles. The first kappa shape index (κ1) is 30.4. The maximum absolute atomic E-state index is 14.1. The third kappa shape index (κ3) is 8.94. The second-order valence-electron chi connectivity index (χ2n) is 10.5. The van der Waals surface area contributed by atoms with Crippen LogP contribution < -0.4 is 11.2 Å². The number of hydrogen-bond donors (Lipinski definition) is 2. The van der Waals surface area contributed by atoms with E-state index in [2.05, 4.69) is 10.5 Å². The number of amidine groups is 1. The molecule has 1 aliphatic heterocycles. The Morgan fingerprint density at radius 3 is 2.49 bits per heavy atom. The normalized spacial score (nSPS) is 20.4. The smallest absolute Gasteiger partial charge is 0.428 e. The fraction of sp³-hybridized carbons (Fsp3) is 0.500. The van der Waals surface area contributed by atoms with Gasteiger partial charge in [0, 0.05) is 6.54 Å². The van der Waals surface area contributed by atoms with Crippen molar-refractivity contribution in [2.45, 2.75) is 71.5 Å². The topological polar surface area (TPSA) is 98.4 Å². The van der Waals surface area contributed by atoms with E-state index in [0.29, 0.717) is 35.4 Å². The first-order valence-electron chi connectivity index (χ1n) is 12.8. The van der Waals surface area contributed by atoms with Gasteiger partial charge in [-0.25, -0.2) is 23.4 Å². The highest BCUT2D eigenvalue weighted by atomic mass is 19.1. The Balaban J connectivity index is 1.83. The van der Waals surface area contributed by atoms with E-state index in [0.717, 1.165) is 0 Å². The summed E-state index contributed by atoms with van der Waals surface area (Å²) in [5, 5.41) is 3.94. The van der Waals surface area contributed by atoms with Gasteiger partial charge in [0.2, 0.25) is 0 Å². The molecule has 0 bridgehead atoms. The second kappa shape index (κ2) is 13.3. The number of hydrogen-bond acceptors (Lipinski definition) is 6. The third-order valence-corrected chi connectivity index (χ3v) is 6.04. The van der Waals surface area contributed by atoms with Gasteiger partial charge in [0.15, 0.2) is 6.29 Å². The van der Waals surface area contributed by atoms with E-state index in [1.807, 2.05) is 4.90 Å². The zero-order valence-electron chi connectivity index (χ0n) is 22.9. The second-order valence-corrected chi connectivity index (χ2v) is 10.5. The Morgan fingerprint density at radius 1 is 1.21 bits per heavy atom. The van der Waals surface area contributed by atoms with Gasteiger partial charge in [-0.3, -0.25) is 4.90 Å².